The second kappa shape index (κ2) is 4.04. The van der Waals surface area contributed by atoms with Gasteiger partial charge in [-0.1, -0.05) is 34.2 Å². The van der Waals surface area contributed by atoms with Crippen LogP contribution < -0.4 is 11.4 Å². The van der Waals surface area contributed by atoms with Crippen LogP contribution in [0, 0.1) is 0 Å². The number of nitrogens with one attached hydrogen (secondary N) is 1. The van der Waals surface area contributed by atoms with Gasteiger partial charge in [0.1, 0.15) is 0 Å². The van der Waals surface area contributed by atoms with E-state index in [0.29, 0.717) is 3.92 Å². The molecule has 1 aliphatic rings. The first-order valence-corrected chi connectivity index (χ1v) is 4.94. The molecule has 0 fully saturated rings. The van der Waals surface area contributed by atoms with E-state index >= 15 is 0 Å². The van der Waals surface area contributed by atoms with Crippen molar-refractivity contribution in [1.29, 1.82) is 0 Å². The van der Waals surface area contributed by atoms with Gasteiger partial charge in [0.15, 0.2) is 0 Å². The van der Waals surface area contributed by atoms with Gasteiger partial charge in [-0.2, -0.15) is 5.10 Å². The third-order valence-corrected chi connectivity index (χ3v) is 2.86. The van der Waals surface area contributed by atoms with Crippen molar-refractivity contribution in [2.75, 3.05) is 0 Å². The molecule has 12 heavy (non-hydrogen) atoms. The van der Waals surface area contributed by atoms with E-state index in [9.17, 15) is 0 Å². The standard InChI is InChI=1S/C8H12IN3/c1-5-3-7(9)8(11-12-10)4-6(5)2/h3-4,7,12H,10H2,1-2H3/b11-8-. The van der Waals surface area contributed by atoms with Crippen molar-refractivity contribution < 1.29 is 0 Å². The van der Waals surface area contributed by atoms with Gasteiger partial charge in [0.25, 0.3) is 0 Å². The number of halogens is 1. The highest BCUT2D eigenvalue weighted by atomic mass is 127. The van der Waals surface area contributed by atoms with Crippen molar-refractivity contribution in [3.05, 3.63) is 23.3 Å². The Morgan fingerprint density at radius 2 is 2.17 bits per heavy atom. The summed E-state index contributed by atoms with van der Waals surface area (Å²) in [6, 6.07) is 0. The summed E-state index contributed by atoms with van der Waals surface area (Å²) in [5.74, 6) is 5.11. The Morgan fingerprint density at radius 3 is 2.75 bits per heavy atom. The molecule has 0 saturated carbocycles. The molecular weight excluding hydrogens is 265 g/mol. The second-order valence-corrected chi connectivity index (χ2v) is 4.09. The van der Waals surface area contributed by atoms with E-state index in [1.807, 2.05) is 6.08 Å². The van der Waals surface area contributed by atoms with E-state index in [4.69, 9.17) is 5.84 Å². The lowest BCUT2D eigenvalue weighted by atomic mass is 9.99. The highest BCUT2D eigenvalue weighted by Gasteiger charge is 2.13. The Morgan fingerprint density at radius 1 is 1.50 bits per heavy atom. The molecule has 1 atom stereocenters. The van der Waals surface area contributed by atoms with Crippen molar-refractivity contribution in [2.45, 2.75) is 17.8 Å². The first-order chi connectivity index (χ1) is 5.65. The van der Waals surface area contributed by atoms with E-state index in [-0.39, 0.29) is 0 Å². The van der Waals surface area contributed by atoms with Crippen molar-refractivity contribution in [3.8, 4) is 0 Å². The van der Waals surface area contributed by atoms with E-state index in [0.717, 1.165) is 5.71 Å². The minimum absolute atomic E-state index is 0.322. The zero-order chi connectivity index (χ0) is 9.14. The Kier molecular flexibility index (Phi) is 3.28. The smallest absolute Gasteiger partial charge is 0.0788 e. The average Bonchev–Trinajstić information content (AvgIpc) is 2.01. The molecule has 0 amide bonds. The molecule has 3 N–H and O–H groups in total. The monoisotopic (exact) mass is 277 g/mol. The number of alkyl halides is 1. The van der Waals surface area contributed by atoms with Crippen LogP contribution in [0.4, 0.5) is 0 Å². The zero-order valence-electron chi connectivity index (χ0n) is 7.13. The summed E-state index contributed by atoms with van der Waals surface area (Å²) in [5, 5.41) is 3.97. The van der Waals surface area contributed by atoms with Crippen LogP contribution >= 0.6 is 22.6 Å². The molecule has 66 valence electrons. The van der Waals surface area contributed by atoms with Crippen LogP contribution in [-0.2, 0) is 0 Å². The Hall–Kier alpha value is -0.360. The highest BCUT2D eigenvalue weighted by molar-refractivity contribution is 14.1. The molecule has 0 saturated heterocycles. The Labute approximate surface area is 85.9 Å². The van der Waals surface area contributed by atoms with Crippen molar-refractivity contribution in [1.82, 2.24) is 5.53 Å². The van der Waals surface area contributed by atoms with Gasteiger partial charge < -0.3 is 0 Å². The summed E-state index contributed by atoms with van der Waals surface area (Å²) in [6.45, 7) is 4.17. The summed E-state index contributed by atoms with van der Waals surface area (Å²) >= 11 is 2.32. The first-order valence-electron chi connectivity index (χ1n) is 3.69. The summed E-state index contributed by atoms with van der Waals surface area (Å²) < 4.78 is 0.322. The third kappa shape index (κ3) is 2.07. The minimum Gasteiger partial charge on any atom is -0.245 e. The number of hydrazone groups is 1. The lowest BCUT2D eigenvalue weighted by Crippen LogP contribution is -2.22. The van der Waals surface area contributed by atoms with E-state index in [2.05, 4.69) is 53.2 Å². The molecular formula is C8H12IN3. The molecule has 0 heterocycles. The topological polar surface area (TPSA) is 50.4 Å². The van der Waals surface area contributed by atoms with E-state index in [1.54, 1.807) is 0 Å². The predicted molar refractivity (Wildman–Crippen MR) is 60.1 cm³/mol. The number of hydrazine groups is 1. The van der Waals surface area contributed by atoms with Crippen LogP contribution in [0.15, 0.2) is 28.4 Å². The molecule has 0 aromatic carbocycles. The molecule has 0 aromatic rings. The fourth-order valence-electron chi connectivity index (χ4n) is 1.02. The molecule has 0 radical (unpaired) electrons. The number of hydrogen-bond donors (Lipinski definition) is 2. The van der Waals surface area contributed by atoms with Gasteiger partial charge in [-0.3, -0.25) is 0 Å². The van der Waals surface area contributed by atoms with Gasteiger partial charge in [0.2, 0.25) is 0 Å². The molecule has 0 aliphatic heterocycles. The average molecular weight is 277 g/mol. The highest BCUT2D eigenvalue weighted by Crippen LogP contribution is 2.20. The van der Waals surface area contributed by atoms with Crippen molar-refractivity contribution >= 4 is 28.3 Å². The molecule has 4 heteroatoms. The Bertz CT molecular complexity index is 265. The van der Waals surface area contributed by atoms with Crippen LogP contribution in [0.25, 0.3) is 0 Å². The second-order valence-electron chi connectivity index (χ2n) is 2.74. The maximum atomic E-state index is 5.11. The zero-order valence-corrected chi connectivity index (χ0v) is 9.29. The molecule has 0 aromatic heterocycles. The molecule has 1 rings (SSSR count). The van der Waals surface area contributed by atoms with E-state index < -0.39 is 0 Å². The van der Waals surface area contributed by atoms with Crippen LogP contribution in [0.2, 0.25) is 0 Å². The van der Waals surface area contributed by atoms with Crippen molar-refractivity contribution in [3.63, 3.8) is 0 Å². The van der Waals surface area contributed by atoms with Gasteiger partial charge in [-0.05, 0) is 25.5 Å². The van der Waals surface area contributed by atoms with E-state index in [1.165, 1.54) is 11.1 Å². The fraction of sp³-hybridized carbons (Fsp3) is 0.375. The first kappa shape index (κ1) is 9.73. The molecule has 0 spiro atoms. The summed E-state index contributed by atoms with van der Waals surface area (Å²) in [5.41, 5.74) is 5.84. The SMILES string of the molecule is CC1=C/C(=N/NN)C(I)C=C1C. The van der Waals surface area contributed by atoms with Gasteiger partial charge in [0, 0.05) is 0 Å². The molecule has 1 aliphatic carbocycles. The van der Waals surface area contributed by atoms with Crippen LogP contribution in [0.5, 0.6) is 0 Å². The number of allylic oxidation sites excluding steroid dienone is 4. The number of nitrogens with zero attached hydrogens (tertiary/aromatic N) is 1. The largest absolute Gasteiger partial charge is 0.245 e. The van der Waals surface area contributed by atoms with Gasteiger partial charge in [-0.15, -0.1) is 0 Å². The fourth-order valence-corrected chi connectivity index (χ4v) is 1.88. The quantitative estimate of drug-likeness (QED) is 0.330. The normalized spacial score (nSPS) is 26.7. The van der Waals surface area contributed by atoms with Crippen LogP contribution in [-0.4, -0.2) is 9.64 Å². The van der Waals surface area contributed by atoms with Crippen LogP contribution in [0.3, 0.4) is 0 Å². The minimum atomic E-state index is 0.322. The maximum Gasteiger partial charge on any atom is 0.0788 e. The van der Waals surface area contributed by atoms with Gasteiger partial charge in [-0.25, -0.2) is 11.4 Å². The van der Waals surface area contributed by atoms with Gasteiger partial charge in [0.05, 0.1) is 9.64 Å². The molecule has 1 unspecified atom stereocenters. The third-order valence-electron chi connectivity index (χ3n) is 1.86. The predicted octanol–water partition coefficient (Wildman–Crippen LogP) is 1.52. The Balaban J connectivity index is 2.91. The number of nitrogens with two attached hydrogens (primary N) is 1. The molecule has 0 bridgehead atoms. The lowest BCUT2D eigenvalue weighted by Gasteiger charge is -2.14. The summed E-state index contributed by atoms with van der Waals surface area (Å²) in [7, 11) is 0. The molecule has 3 nitrogen and oxygen atoms in total. The number of hydrogen-bond acceptors (Lipinski definition) is 3. The lowest BCUT2D eigenvalue weighted by molar-refractivity contribution is 0.804. The van der Waals surface area contributed by atoms with Gasteiger partial charge >= 0.3 is 0 Å². The number of rotatable bonds is 1. The summed E-state index contributed by atoms with van der Waals surface area (Å²) in [6.07, 6.45) is 4.22. The van der Waals surface area contributed by atoms with Crippen molar-refractivity contribution in [2.24, 2.45) is 10.9 Å². The summed E-state index contributed by atoms with van der Waals surface area (Å²) in [4.78, 5) is 0. The van der Waals surface area contributed by atoms with Crippen LogP contribution in [0.1, 0.15) is 13.8 Å². The maximum absolute atomic E-state index is 5.11.